The molecule has 0 aliphatic rings. The molecule has 3 nitrogen and oxygen atoms in total. The number of alkyl halides is 3. The number of aromatic nitrogens is 3. The maximum atomic E-state index is 12.3. The summed E-state index contributed by atoms with van der Waals surface area (Å²) in [6.07, 6.45) is -4.53. The van der Waals surface area contributed by atoms with Crippen molar-refractivity contribution in [1.82, 2.24) is 14.6 Å². The zero-order valence-electron chi connectivity index (χ0n) is 6.89. The zero-order chi connectivity index (χ0) is 11.2. The Morgan fingerprint density at radius 1 is 1.20 bits per heavy atom. The van der Waals surface area contributed by atoms with Crippen molar-refractivity contribution in [2.24, 2.45) is 0 Å². The van der Waals surface area contributed by atoms with Gasteiger partial charge in [-0.25, -0.2) is 9.50 Å². The van der Waals surface area contributed by atoms with Crippen molar-refractivity contribution >= 4 is 37.5 Å². The van der Waals surface area contributed by atoms with Crippen LogP contribution in [0.4, 0.5) is 13.2 Å². The van der Waals surface area contributed by atoms with E-state index in [1.54, 1.807) is 6.07 Å². The SMILES string of the molecule is FC(F)(F)c1nc2ccc(Br)c(Br)n2n1. The third kappa shape index (κ3) is 1.87. The van der Waals surface area contributed by atoms with Crippen LogP contribution in [-0.4, -0.2) is 14.6 Å². The van der Waals surface area contributed by atoms with Gasteiger partial charge in [-0.1, -0.05) is 0 Å². The van der Waals surface area contributed by atoms with E-state index in [1.807, 2.05) is 0 Å². The molecule has 2 heterocycles. The predicted molar refractivity (Wildman–Crippen MR) is 53.4 cm³/mol. The second-order valence-corrected chi connectivity index (χ2v) is 4.28. The molecule has 0 saturated heterocycles. The number of halogens is 5. The van der Waals surface area contributed by atoms with Crippen LogP contribution in [-0.2, 0) is 6.18 Å². The zero-order valence-corrected chi connectivity index (χ0v) is 10.1. The Morgan fingerprint density at radius 2 is 1.87 bits per heavy atom. The van der Waals surface area contributed by atoms with E-state index in [0.29, 0.717) is 9.08 Å². The first-order valence-corrected chi connectivity index (χ1v) is 5.26. The van der Waals surface area contributed by atoms with Crippen LogP contribution in [0.15, 0.2) is 21.2 Å². The maximum absolute atomic E-state index is 12.3. The summed E-state index contributed by atoms with van der Waals surface area (Å²) in [6, 6.07) is 3.03. The number of fused-ring (bicyclic) bond motifs is 1. The topological polar surface area (TPSA) is 30.2 Å². The lowest BCUT2D eigenvalue weighted by atomic mass is 10.5. The van der Waals surface area contributed by atoms with E-state index in [9.17, 15) is 13.2 Å². The normalized spacial score (nSPS) is 12.3. The van der Waals surface area contributed by atoms with E-state index in [-0.39, 0.29) is 5.65 Å². The lowest BCUT2D eigenvalue weighted by Crippen LogP contribution is -2.07. The van der Waals surface area contributed by atoms with Crippen molar-refractivity contribution in [3.63, 3.8) is 0 Å². The molecular weight excluding hydrogens is 343 g/mol. The highest BCUT2D eigenvalue weighted by Gasteiger charge is 2.36. The van der Waals surface area contributed by atoms with Gasteiger partial charge in [0.1, 0.15) is 4.60 Å². The van der Waals surface area contributed by atoms with Gasteiger partial charge in [0.15, 0.2) is 5.65 Å². The Labute approximate surface area is 98.6 Å². The van der Waals surface area contributed by atoms with Crippen molar-refractivity contribution in [2.75, 3.05) is 0 Å². The highest BCUT2D eigenvalue weighted by molar-refractivity contribution is 9.13. The molecule has 15 heavy (non-hydrogen) atoms. The maximum Gasteiger partial charge on any atom is 0.453 e. The summed E-state index contributed by atoms with van der Waals surface area (Å²) in [7, 11) is 0. The van der Waals surface area contributed by atoms with Crippen LogP contribution in [0.5, 0.6) is 0 Å². The quantitative estimate of drug-likeness (QED) is 0.686. The Balaban J connectivity index is 2.72. The molecule has 8 heteroatoms. The van der Waals surface area contributed by atoms with Crippen molar-refractivity contribution in [3.8, 4) is 0 Å². The molecule has 0 aliphatic carbocycles. The Morgan fingerprint density at radius 3 is 2.47 bits per heavy atom. The molecule has 0 unspecified atom stereocenters. The first-order valence-electron chi connectivity index (χ1n) is 3.67. The van der Waals surface area contributed by atoms with Crippen molar-refractivity contribution in [3.05, 3.63) is 27.0 Å². The number of nitrogens with zero attached hydrogens (tertiary/aromatic N) is 3. The lowest BCUT2D eigenvalue weighted by molar-refractivity contribution is -0.144. The van der Waals surface area contributed by atoms with Gasteiger partial charge in [-0.3, -0.25) is 0 Å². The first kappa shape index (κ1) is 10.9. The summed E-state index contributed by atoms with van der Waals surface area (Å²) >= 11 is 6.27. The standard InChI is InChI=1S/C7H2Br2F3N3/c8-3-1-2-4-13-6(7(10,11)12)14-15(4)5(3)9/h1-2H. The number of rotatable bonds is 0. The Bertz CT molecular complexity index is 520. The molecule has 0 bridgehead atoms. The molecule has 2 rings (SSSR count). The molecule has 2 aromatic rings. The molecule has 0 aromatic carbocycles. The molecule has 0 radical (unpaired) electrons. The van der Waals surface area contributed by atoms with E-state index in [0.717, 1.165) is 4.52 Å². The highest BCUT2D eigenvalue weighted by Crippen LogP contribution is 2.29. The van der Waals surface area contributed by atoms with Gasteiger partial charge in [-0.05, 0) is 44.0 Å². The molecule has 0 N–H and O–H groups in total. The molecular formula is C7H2Br2F3N3. The molecule has 0 amide bonds. The number of hydrogen-bond acceptors (Lipinski definition) is 2. The minimum Gasteiger partial charge on any atom is -0.205 e. The molecule has 0 fully saturated rings. The summed E-state index contributed by atoms with van der Waals surface area (Å²) in [5.74, 6) is -1.15. The average molecular weight is 345 g/mol. The number of hydrogen-bond donors (Lipinski definition) is 0. The van der Waals surface area contributed by atoms with Gasteiger partial charge in [0.05, 0.1) is 4.47 Å². The first-order chi connectivity index (χ1) is 6.89. The molecule has 2 aromatic heterocycles. The fraction of sp³-hybridized carbons (Fsp3) is 0.143. The summed E-state index contributed by atoms with van der Waals surface area (Å²) in [4.78, 5) is 3.36. The summed E-state index contributed by atoms with van der Waals surface area (Å²) in [5, 5.41) is 3.35. The van der Waals surface area contributed by atoms with Crippen LogP contribution in [0, 0.1) is 0 Å². The van der Waals surface area contributed by atoms with E-state index >= 15 is 0 Å². The molecule has 0 atom stereocenters. The van der Waals surface area contributed by atoms with Gasteiger partial charge in [0, 0.05) is 0 Å². The molecule has 80 valence electrons. The Hall–Kier alpha value is -0.630. The van der Waals surface area contributed by atoms with E-state index in [4.69, 9.17) is 0 Å². The van der Waals surface area contributed by atoms with Gasteiger partial charge in [0.2, 0.25) is 0 Å². The fourth-order valence-corrected chi connectivity index (χ4v) is 1.71. The van der Waals surface area contributed by atoms with Crippen LogP contribution in [0.25, 0.3) is 5.65 Å². The largest absolute Gasteiger partial charge is 0.453 e. The van der Waals surface area contributed by atoms with Gasteiger partial charge < -0.3 is 0 Å². The van der Waals surface area contributed by atoms with Gasteiger partial charge in [-0.2, -0.15) is 13.2 Å². The molecule has 0 aliphatic heterocycles. The summed E-state index contributed by atoms with van der Waals surface area (Å²) in [5.41, 5.74) is 0.136. The van der Waals surface area contributed by atoms with Crippen LogP contribution in [0.3, 0.4) is 0 Å². The monoisotopic (exact) mass is 343 g/mol. The lowest BCUT2D eigenvalue weighted by Gasteiger charge is -1.98. The van der Waals surface area contributed by atoms with E-state index in [1.165, 1.54) is 6.07 Å². The smallest absolute Gasteiger partial charge is 0.205 e. The van der Waals surface area contributed by atoms with Crippen LogP contribution in [0.1, 0.15) is 5.82 Å². The number of pyridine rings is 1. The summed E-state index contributed by atoms with van der Waals surface area (Å²) in [6.45, 7) is 0. The third-order valence-electron chi connectivity index (χ3n) is 1.65. The van der Waals surface area contributed by atoms with Gasteiger partial charge in [0.25, 0.3) is 5.82 Å². The van der Waals surface area contributed by atoms with Crippen molar-refractivity contribution in [2.45, 2.75) is 6.18 Å². The minimum absolute atomic E-state index is 0.136. The molecule has 0 saturated carbocycles. The minimum atomic E-state index is -4.53. The van der Waals surface area contributed by atoms with Crippen LogP contribution in [0.2, 0.25) is 0 Å². The summed E-state index contributed by atoms with van der Waals surface area (Å²) < 4.78 is 39.0. The second kappa shape index (κ2) is 3.44. The third-order valence-corrected chi connectivity index (χ3v) is 3.58. The highest BCUT2D eigenvalue weighted by atomic mass is 79.9. The Kier molecular flexibility index (Phi) is 2.50. The van der Waals surface area contributed by atoms with Crippen molar-refractivity contribution < 1.29 is 13.2 Å². The van der Waals surface area contributed by atoms with Gasteiger partial charge in [-0.15, -0.1) is 5.10 Å². The molecule has 0 spiro atoms. The van der Waals surface area contributed by atoms with Crippen LogP contribution < -0.4 is 0 Å². The predicted octanol–water partition coefficient (Wildman–Crippen LogP) is 3.27. The van der Waals surface area contributed by atoms with E-state index < -0.39 is 12.0 Å². The van der Waals surface area contributed by atoms with E-state index in [2.05, 4.69) is 41.9 Å². The van der Waals surface area contributed by atoms with Crippen molar-refractivity contribution in [1.29, 1.82) is 0 Å². The average Bonchev–Trinajstić information content (AvgIpc) is 2.55. The fourth-order valence-electron chi connectivity index (χ4n) is 1.01. The van der Waals surface area contributed by atoms with Crippen LogP contribution >= 0.6 is 31.9 Å². The van der Waals surface area contributed by atoms with Gasteiger partial charge >= 0.3 is 6.18 Å². The second-order valence-electron chi connectivity index (χ2n) is 2.68.